The van der Waals surface area contributed by atoms with Gasteiger partial charge in [0.05, 0.1) is 13.2 Å². The highest BCUT2D eigenvalue weighted by Gasteiger charge is 2.17. The molecule has 0 fully saturated rings. The van der Waals surface area contributed by atoms with Gasteiger partial charge in [-0.2, -0.15) is 0 Å². The smallest absolute Gasteiger partial charge is 0.354 e. The third-order valence-electron chi connectivity index (χ3n) is 2.50. The molecule has 21 heavy (non-hydrogen) atoms. The van der Waals surface area contributed by atoms with Gasteiger partial charge in [-0.1, -0.05) is 6.07 Å². The lowest BCUT2D eigenvalue weighted by Crippen LogP contribution is -2.43. The van der Waals surface area contributed by atoms with Gasteiger partial charge in [-0.3, -0.25) is 0 Å². The Bertz CT molecular complexity index is 482. The highest BCUT2D eigenvalue weighted by molar-refractivity contribution is 5.85. The maximum atomic E-state index is 12.3. The van der Waals surface area contributed by atoms with E-state index in [-0.39, 0.29) is 18.8 Å². The first-order valence-electron chi connectivity index (χ1n) is 6.04. The molecule has 7 nitrogen and oxygen atoms in total. The number of rotatable bonds is 7. The predicted molar refractivity (Wildman–Crippen MR) is 68.1 cm³/mol. The van der Waals surface area contributed by atoms with E-state index in [0.717, 1.165) is 4.90 Å². The number of nitrogens with one attached hydrogen (secondary N) is 1. The summed E-state index contributed by atoms with van der Waals surface area (Å²) in [5, 5.41) is 19.8. The molecule has 0 spiro atoms. The van der Waals surface area contributed by atoms with E-state index in [9.17, 15) is 18.4 Å². The number of hydrogen-bond donors (Lipinski definition) is 3. The first kappa shape index (κ1) is 16.8. The van der Waals surface area contributed by atoms with E-state index in [1.807, 2.05) is 0 Å². The molecule has 116 valence electrons. The number of alkyl halides is 2. The summed E-state index contributed by atoms with van der Waals surface area (Å²) < 4.78 is 24.6. The number of pyridine rings is 1. The standard InChI is InChI=1S/C12H15F2N3O4/c13-10(14)7-17(3-4-18)12(21)16-6-8-1-2-9(11(19)20)15-5-8/h1-2,5,10,18H,3-4,6-7H2,(H,16,21)(H,19,20). The number of aliphatic hydroxyl groups excluding tert-OH is 1. The number of aromatic carboxylic acids is 1. The molecule has 0 saturated heterocycles. The Labute approximate surface area is 119 Å². The number of aliphatic hydroxyl groups is 1. The molecule has 9 heteroatoms. The van der Waals surface area contributed by atoms with E-state index in [2.05, 4.69) is 10.3 Å². The summed E-state index contributed by atoms with van der Waals surface area (Å²) in [6.07, 6.45) is -1.42. The van der Waals surface area contributed by atoms with Crippen LogP contribution in [0, 0.1) is 0 Å². The van der Waals surface area contributed by atoms with Crippen molar-refractivity contribution in [3.05, 3.63) is 29.6 Å². The van der Waals surface area contributed by atoms with Crippen molar-refractivity contribution in [3.63, 3.8) is 0 Å². The second kappa shape index (κ2) is 8.10. The zero-order chi connectivity index (χ0) is 15.8. The SMILES string of the molecule is O=C(O)c1ccc(CNC(=O)N(CCO)CC(F)F)cn1. The van der Waals surface area contributed by atoms with Crippen LogP contribution in [0.2, 0.25) is 0 Å². The van der Waals surface area contributed by atoms with Crippen LogP contribution in [0.15, 0.2) is 18.3 Å². The fraction of sp³-hybridized carbons (Fsp3) is 0.417. The Morgan fingerprint density at radius 3 is 2.57 bits per heavy atom. The van der Waals surface area contributed by atoms with Crippen molar-refractivity contribution in [2.75, 3.05) is 19.7 Å². The van der Waals surface area contributed by atoms with Crippen molar-refractivity contribution >= 4 is 12.0 Å². The van der Waals surface area contributed by atoms with Gasteiger partial charge in [0.15, 0.2) is 0 Å². The number of aromatic nitrogens is 1. The van der Waals surface area contributed by atoms with E-state index in [1.165, 1.54) is 18.3 Å². The molecule has 0 saturated carbocycles. The van der Waals surface area contributed by atoms with Gasteiger partial charge in [0, 0.05) is 19.3 Å². The van der Waals surface area contributed by atoms with Crippen molar-refractivity contribution in [2.45, 2.75) is 13.0 Å². The number of carboxylic acid groups (broad SMARTS) is 1. The summed E-state index contributed by atoms with van der Waals surface area (Å²) in [6, 6.07) is 1.99. The summed E-state index contributed by atoms with van der Waals surface area (Å²) in [5.74, 6) is -1.17. The first-order valence-corrected chi connectivity index (χ1v) is 6.04. The third kappa shape index (κ3) is 5.69. The van der Waals surface area contributed by atoms with Crippen LogP contribution in [0.25, 0.3) is 0 Å². The summed E-state index contributed by atoms with van der Waals surface area (Å²) in [7, 11) is 0. The van der Waals surface area contributed by atoms with Crippen molar-refractivity contribution in [1.82, 2.24) is 15.2 Å². The average Bonchev–Trinajstić information content (AvgIpc) is 2.44. The molecule has 1 aromatic rings. The van der Waals surface area contributed by atoms with E-state index in [0.29, 0.717) is 5.56 Å². The third-order valence-corrected chi connectivity index (χ3v) is 2.50. The van der Waals surface area contributed by atoms with Gasteiger partial charge in [0.25, 0.3) is 6.43 Å². The van der Waals surface area contributed by atoms with Crippen LogP contribution in [0.4, 0.5) is 13.6 Å². The highest BCUT2D eigenvalue weighted by atomic mass is 19.3. The number of halogens is 2. The number of urea groups is 1. The Kier molecular flexibility index (Phi) is 6.47. The van der Waals surface area contributed by atoms with Crippen molar-refractivity contribution < 1.29 is 28.6 Å². The molecule has 3 N–H and O–H groups in total. The molecular weight excluding hydrogens is 288 g/mol. The summed E-state index contributed by atoms with van der Waals surface area (Å²) in [4.78, 5) is 26.7. The van der Waals surface area contributed by atoms with Gasteiger partial charge in [0.2, 0.25) is 0 Å². The zero-order valence-electron chi connectivity index (χ0n) is 11.0. The van der Waals surface area contributed by atoms with Gasteiger partial charge in [-0.15, -0.1) is 0 Å². The zero-order valence-corrected chi connectivity index (χ0v) is 11.0. The van der Waals surface area contributed by atoms with Crippen LogP contribution in [0.3, 0.4) is 0 Å². The average molecular weight is 303 g/mol. The summed E-state index contributed by atoms with van der Waals surface area (Å²) in [6.45, 7) is -1.39. The molecule has 2 amide bonds. The predicted octanol–water partition coefficient (Wildman–Crippen LogP) is 0.549. The van der Waals surface area contributed by atoms with Gasteiger partial charge >= 0.3 is 12.0 Å². The van der Waals surface area contributed by atoms with E-state index in [1.54, 1.807) is 0 Å². The molecule has 0 radical (unpaired) electrons. The lowest BCUT2D eigenvalue weighted by molar-refractivity contribution is 0.0690. The van der Waals surface area contributed by atoms with Crippen LogP contribution in [0.5, 0.6) is 0 Å². The normalized spacial score (nSPS) is 10.5. The highest BCUT2D eigenvalue weighted by Crippen LogP contribution is 2.02. The topological polar surface area (TPSA) is 103 Å². The molecule has 0 atom stereocenters. The Morgan fingerprint density at radius 2 is 2.10 bits per heavy atom. The van der Waals surface area contributed by atoms with Gasteiger partial charge in [0.1, 0.15) is 5.69 Å². The number of carboxylic acids is 1. The second-order valence-electron chi connectivity index (χ2n) is 4.08. The molecule has 0 unspecified atom stereocenters. The molecule has 1 rings (SSSR count). The molecule has 0 aliphatic heterocycles. The number of carbonyl (C=O) groups is 2. The number of nitrogens with zero attached hydrogens (tertiary/aromatic N) is 2. The molecule has 0 aliphatic rings. The monoisotopic (exact) mass is 303 g/mol. The van der Waals surface area contributed by atoms with Crippen LogP contribution >= 0.6 is 0 Å². The maximum absolute atomic E-state index is 12.3. The molecule has 0 bridgehead atoms. The Hall–Kier alpha value is -2.29. The van der Waals surface area contributed by atoms with Gasteiger partial charge in [-0.05, 0) is 11.6 Å². The molecule has 0 aliphatic carbocycles. The number of hydrogen-bond acceptors (Lipinski definition) is 4. The Balaban J connectivity index is 2.55. The molecule has 1 heterocycles. The van der Waals surface area contributed by atoms with E-state index < -0.39 is 31.6 Å². The number of amides is 2. The fourth-order valence-electron chi connectivity index (χ4n) is 1.51. The lowest BCUT2D eigenvalue weighted by atomic mass is 10.2. The van der Waals surface area contributed by atoms with Crippen LogP contribution in [0.1, 0.15) is 16.1 Å². The van der Waals surface area contributed by atoms with E-state index in [4.69, 9.17) is 10.2 Å². The van der Waals surface area contributed by atoms with Crippen LogP contribution in [-0.2, 0) is 6.54 Å². The molecule has 0 aromatic carbocycles. The fourth-order valence-corrected chi connectivity index (χ4v) is 1.51. The van der Waals surface area contributed by atoms with Crippen LogP contribution < -0.4 is 5.32 Å². The number of carbonyl (C=O) groups excluding carboxylic acids is 1. The van der Waals surface area contributed by atoms with E-state index >= 15 is 0 Å². The molecule has 1 aromatic heterocycles. The minimum absolute atomic E-state index is 0.0108. The van der Waals surface area contributed by atoms with Gasteiger partial charge < -0.3 is 20.4 Å². The minimum atomic E-state index is -2.70. The first-order chi connectivity index (χ1) is 9.93. The quantitative estimate of drug-likeness (QED) is 0.682. The van der Waals surface area contributed by atoms with Gasteiger partial charge in [-0.25, -0.2) is 23.4 Å². The van der Waals surface area contributed by atoms with Crippen molar-refractivity contribution in [1.29, 1.82) is 0 Å². The summed E-state index contributed by atoms with van der Waals surface area (Å²) in [5.41, 5.74) is 0.388. The largest absolute Gasteiger partial charge is 0.477 e. The van der Waals surface area contributed by atoms with Crippen molar-refractivity contribution in [3.8, 4) is 0 Å². The van der Waals surface area contributed by atoms with Crippen LogP contribution in [-0.4, -0.2) is 58.2 Å². The molecular formula is C12H15F2N3O4. The lowest BCUT2D eigenvalue weighted by Gasteiger charge is -2.21. The van der Waals surface area contributed by atoms with Crippen molar-refractivity contribution in [2.24, 2.45) is 0 Å². The summed E-state index contributed by atoms with van der Waals surface area (Å²) >= 11 is 0. The second-order valence-corrected chi connectivity index (χ2v) is 4.08. The Morgan fingerprint density at radius 1 is 1.38 bits per heavy atom. The minimum Gasteiger partial charge on any atom is -0.477 e. The maximum Gasteiger partial charge on any atom is 0.354 e.